The molecule has 0 aliphatic heterocycles. The Morgan fingerprint density at radius 2 is 1.76 bits per heavy atom. The van der Waals surface area contributed by atoms with Crippen LogP contribution in [0.2, 0.25) is 0 Å². The van der Waals surface area contributed by atoms with Gasteiger partial charge in [0.1, 0.15) is 0 Å². The van der Waals surface area contributed by atoms with Crippen molar-refractivity contribution in [3.05, 3.63) is 29.8 Å². The van der Waals surface area contributed by atoms with Gasteiger partial charge in [0.25, 0.3) is 0 Å². The van der Waals surface area contributed by atoms with E-state index in [1.807, 2.05) is 14.1 Å². The Morgan fingerprint density at radius 3 is 2.35 bits per heavy atom. The summed E-state index contributed by atoms with van der Waals surface area (Å²) in [7, 11) is 4.10. The van der Waals surface area contributed by atoms with E-state index in [1.165, 1.54) is 30.5 Å². The number of benzene rings is 1. The predicted octanol–water partition coefficient (Wildman–Crippen LogP) is 3.55. The summed E-state index contributed by atoms with van der Waals surface area (Å²) in [5.74, 6) is 0.666. The highest BCUT2D eigenvalue weighted by molar-refractivity contribution is 5.46. The van der Waals surface area contributed by atoms with E-state index in [9.17, 15) is 5.26 Å². The van der Waals surface area contributed by atoms with E-state index < -0.39 is 0 Å². The smallest absolute Gasteiger partial charge is 0.0662 e. The fourth-order valence-corrected chi connectivity index (χ4v) is 2.70. The van der Waals surface area contributed by atoms with Gasteiger partial charge in [-0.3, -0.25) is 0 Å². The third-order valence-corrected chi connectivity index (χ3v) is 3.77. The highest BCUT2D eigenvalue weighted by Gasteiger charge is 2.26. The van der Waals surface area contributed by atoms with E-state index in [0.29, 0.717) is 5.92 Å². The average Bonchev–Trinajstić information content (AvgIpc) is 2.39. The van der Waals surface area contributed by atoms with Crippen molar-refractivity contribution < 1.29 is 0 Å². The molecular weight excluding hydrogens is 208 g/mol. The van der Waals surface area contributed by atoms with Gasteiger partial charge in [0, 0.05) is 19.8 Å². The average molecular weight is 228 g/mol. The number of rotatable bonds is 2. The van der Waals surface area contributed by atoms with Gasteiger partial charge in [-0.2, -0.15) is 5.26 Å². The van der Waals surface area contributed by atoms with Gasteiger partial charge >= 0.3 is 0 Å². The fraction of sp³-hybridized carbons (Fsp3) is 0.533. The maximum atomic E-state index is 9.21. The number of hydrogen-bond donors (Lipinski definition) is 0. The van der Waals surface area contributed by atoms with Crippen molar-refractivity contribution in [2.75, 3.05) is 19.0 Å². The molecule has 0 N–H and O–H groups in total. The minimum absolute atomic E-state index is 0.217. The molecule has 0 radical (unpaired) electrons. The van der Waals surface area contributed by atoms with E-state index in [2.05, 4.69) is 35.2 Å². The molecule has 90 valence electrons. The van der Waals surface area contributed by atoms with E-state index >= 15 is 0 Å². The molecule has 1 saturated carbocycles. The summed E-state index contributed by atoms with van der Waals surface area (Å²) in [6.07, 6.45) is 4.71. The summed E-state index contributed by atoms with van der Waals surface area (Å²) in [4.78, 5) is 2.10. The first-order valence-corrected chi connectivity index (χ1v) is 6.39. The Labute approximate surface area is 104 Å². The van der Waals surface area contributed by atoms with Gasteiger partial charge in [0.2, 0.25) is 0 Å². The van der Waals surface area contributed by atoms with Crippen molar-refractivity contribution in [3.8, 4) is 6.07 Å². The SMILES string of the molecule is CN(C)c1ccc(C2CCCCC2C#N)cc1. The monoisotopic (exact) mass is 228 g/mol. The van der Waals surface area contributed by atoms with Crippen LogP contribution in [0.4, 0.5) is 5.69 Å². The summed E-state index contributed by atoms with van der Waals surface area (Å²) >= 11 is 0. The molecule has 0 amide bonds. The first-order valence-electron chi connectivity index (χ1n) is 6.39. The van der Waals surface area contributed by atoms with Gasteiger partial charge < -0.3 is 4.90 Å². The second-order valence-electron chi connectivity index (χ2n) is 5.11. The molecule has 1 aliphatic carbocycles. The number of nitriles is 1. The Balaban J connectivity index is 2.18. The molecule has 1 aliphatic rings. The normalized spacial score (nSPS) is 24.1. The van der Waals surface area contributed by atoms with Crippen LogP contribution >= 0.6 is 0 Å². The molecule has 0 aromatic heterocycles. The molecule has 2 atom stereocenters. The summed E-state index contributed by atoms with van der Waals surface area (Å²) in [6, 6.07) is 11.2. The van der Waals surface area contributed by atoms with Crippen LogP contribution in [0.5, 0.6) is 0 Å². The summed E-state index contributed by atoms with van der Waals surface area (Å²) in [5, 5.41) is 9.21. The molecule has 2 unspecified atom stereocenters. The minimum atomic E-state index is 0.217. The number of anilines is 1. The van der Waals surface area contributed by atoms with Crippen LogP contribution in [0, 0.1) is 17.2 Å². The second kappa shape index (κ2) is 5.23. The molecule has 17 heavy (non-hydrogen) atoms. The van der Waals surface area contributed by atoms with Crippen molar-refractivity contribution >= 4 is 5.69 Å². The summed E-state index contributed by atoms with van der Waals surface area (Å²) < 4.78 is 0. The van der Waals surface area contributed by atoms with E-state index in [-0.39, 0.29) is 5.92 Å². The lowest BCUT2D eigenvalue weighted by molar-refractivity contribution is 0.369. The van der Waals surface area contributed by atoms with Crippen LogP contribution < -0.4 is 4.90 Å². The van der Waals surface area contributed by atoms with Gasteiger partial charge in [-0.15, -0.1) is 0 Å². The zero-order valence-electron chi connectivity index (χ0n) is 10.7. The fourth-order valence-electron chi connectivity index (χ4n) is 2.70. The molecule has 0 saturated heterocycles. The third-order valence-electron chi connectivity index (χ3n) is 3.77. The van der Waals surface area contributed by atoms with Crippen molar-refractivity contribution in [1.82, 2.24) is 0 Å². The minimum Gasteiger partial charge on any atom is -0.378 e. The van der Waals surface area contributed by atoms with Gasteiger partial charge in [0.05, 0.1) is 12.0 Å². The van der Waals surface area contributed by atoms with Crippen LogP contribution in [0.15, 0.2) is 24.3 Å². The first kappa shape index (κ1) is 12.0. The Hall–Kier alpha value is -1.49. The molecule has 2 heteroatoms. The maximum Gasteiger partial charge on any atom is 0.0662 e. The van der Waals surface area contributed by atoms with Crippen molar-refractivity contribution in [2.45, 2.75) is 31.6 Å². The van der Waals surface area contributed by atoms with Crippen molar-refractivity contribution in [3.63, 3.8) is 0 Å². The molecule has 0 bridgehead atoms. The molecular formula is C15H20N2. The Bertz CT molecular complexity index is 400. The van der Waals surface area contributed by atoms with Gasteiger partial charge in [0.15, 0.2) is 0 Å². The highest BCUT2D eigenvalue weighted by Crippen LogP contribution is 2.37. The van der Waals surface area contributed by atoms with Gasteiger partial charge in [-0.1, -0.05) is 25.0 Å². The Morgan fingerprint density at radius 1 is 1.12 bits per heavy atom. The van der Waals surface area contributed by atoms with Crippen LogP contribution in [-0.2, 0) is 0 Å². The maximum absolute atomic E-state index is 9.21. The number of hydrogen-bond acceptors (Lipinski definition) is 2. The van der Waals surface area contributed by atoms with E-state index in [0.717, 1.165) is 6.42 Å². The molecule has 1 aromatic carbocycles. The van der Waals surface area contributed by atoms with Crippen molar-refractivity contribution in [1.29, 1.82) is 5.26 Å². The van der Waals surface area contributed by atoms with Crippen LogP contribution in [-0.4, -0.2) is 14.1 Å². The lowest BCUT2D eigenvalue weighted by atomic mass is 9.76. The third kappa shape index (κ3) is 2.61. The summed E-state index contributed by atoms with van der Waals surface area (Å²) in [6.45, 7) is 0. The summed E-state index contributed by atoms with van der Waals surface area (Å²) in [5.41, 5.74) is 2.56. The standard InChI is InChI=1S/C15H20N2/c1-17(2)14-9-7-12(8-10-14)15-6-4-3-5-13(15)11-16/h7-10,13,15H,3-6H2,1-2H3. The van der Waals surface area contributed by atoms with Crippen molar-refractivity contribution in [2.24, 2.45) is 5.92 Å². The molecule has 2 nitrogen and oxygen atoms in total. The molecule has 1 aromatic rings. The van der Waals surface area contributed by atoms with E-state index in [4.69, 9.17) is 0 Å². The topological polar surface area (TPSA) is 27.0 Å². The zero-order chi connectivity index (χ0) is 12.3. The van der Waals surface area contributed by atoms with Gasteiger partial charge in [-0.25, -0.2) is 0 Å². The lowest BCUT2D eigenvalue weighted by Gasteiger charge is -2.27. The van der Waals surface area contributed by atoms with Crippen LogP contribution in [0.1, 0.15) is 37.2 Å². The molecule has 0 spiro atoms. The van der Waals surface area contributed by atoms with Gasteiger partial charge in [-0.05, 0) is 36.5 Å². The molecule has 1 fully saturated rings. The Kier molecular flexibility index (Phi) is 3.68. The first-order chi connectivity index (χ1) is 8.22. The predicted molar refractivity (Wildman–Crippen MR) is 71.1 cm³/mol. The second-order valence-corrected chi connectivity index (χ2v) is 5.11. The number of nitrogens with zero attached hydrogens (tertiary/aromatic N) is 2. The lowest BCUT2D eigenvalue weighted by Crippen LogP contribution is -2.16. The quantitative estimate of drug-likeness (QED) is 0.774. The zero-order valence-corrected chi connectivity index (χ0v) is 10.7. The van der Waals surface area contributed by atoms with Crippen LogP contribution in [0.25, 0.3) is 0 Å². The van der Waals surface area contributed by atoms with E-state index in [1.54, 1.807) is 0 Å². The molecule has 0 heterocycles. The van der Waals surface area contributed by atoms with Crippen LogP contribution in [0.3, 0.4) is 0 Å². The largest absolute Gasteiger partial charge is 0.378 e. The molecule has 2 rings (SSSR count). The highest BCUT2D eigenvalue weighted by atomic mass is 15.1.